The second kappa shape index (κ2) is 9.73. The molecule has 176 valence electrons. The maximum absolute atomic E-state index is 5.99. The molecule has 4 aromatic rings. The summed E-state index contributed by atoms with van der Waals surface area (Å²) in [4.78, 5) is 12.5. The maximum atomic E-state index is 5.99. The molecular weight excluding hydrogens is 561 g/mol. The molecule has 5 nitrogen and oxygen atoms in total. The number of aryl methyl sites for hydroxylation is 1. The van der Waals surface area contributed by atoms with Crippen LogP contribution in [0.2, 0.25) is 0 Å². The SMILES string of the molecule is COc1ccc(-c2c(/C=C/c3nc(C(Cl)(Cl)Cl)nc(C(Cl)(Cl)Cl)n3)c3ccccc3n2C)cc1. The van der Waals surface area contributed by atoms with Crippen molar-refractivity contribution in [3.8, 4) is 17.0 Å². The van der Waals surface area contributed by atoms with Crippen LogP contribution < -0.4 is 4.74 Å². The normalized spacial score (nSPS) is 12.6. The Bertz CT molecular complexity index is 1340. The summed E-state index contributed by atoms with van der Waals surface area (Å²) in [6.45, 7) is 0. The minimum atomic E-state index is -1.93. The van der Waals surface area contributed by atoms with E-state index in [1.54, 1.807) is 13.2 Å². The van der Waals surface area contributed by atoms with Gasteiger partial charge < -0.3 is 9.30 Å². The first-order valence-electron chi connectivity index (χ1n) is 9.79. The number of ether oxygens (including phenoxy) is 1. The van der Waals surface area contributed by atoms with Gasteiger partial charge in [-0.2, -0.15) is 0 Å². The highest BCUT2D eigenvalue weighted by Gasteiger charge is 2.33. The zero-order valence-electron chi connectivity index (χ0n) is 17.7. The molecular formula is C23H16Cl6N4O. The summed E-state index contributed by atoms with van der Waals surface area (Å²) in [7, 11) is 3.63. The minimum absolute atomic E-state index is 0.151. The van der Waals surface area contributed by atoms with Gasteiger partial charge in [-0.1, -0.05) is 87.8 Å². The summed E-state index contributed by atoms with van der Waals surface area (Å²) < 4.78 is 3.56. The Balaban J connectivity index is 1.89. The van der Waals surface area contributed by atoms with E-state index in [0.29, 0.717) is 0 Å². The average molecular weight is 577 g/mol. The van der Waals surface area contributed by atoms with Gasteiger partial charge in [0.15, 0.2) is 17.5 Å². The lowest BCUT2D eigenvalue weighted by Crippen LogP contribution is -2.16. The van der Waals surface area contributed by atoms with Crippen LogP contribution in [0.3, 0.4) is 0 Å². The lowest BCUT2D eigenvalue weighted by molar-refractivity contribution is 0.415. The van der Waals surface area contributed by atoms with Gasteiger partial charge in [0.05, 0.1) is 12.8 Å². The highest BCUT2D eigenvalue weighted by atomic mass is 35.6. The molecule has 0 bridgehead atoms. The summed E-state index contributed by atoms with van der Waals surface area (Å²) in [5.74, 6) is 0.637. The van der Waals surface area contributed by atoms with Gasteiger partial charge in [0.2, 0.25) is 7.59 Å². The van der Waals surface area contributed by atoms with Gasteiger partial charge in [-0.25, -0.2) is 15.0 Å². The van der Waals surface area contributed by atoms with Crippen LogP contribution >= 0.6 is 69.6 Å². The molecule has 0 saturated carbocycles. The number of benzene rings is 2. The molecule has 11 heteroatoms. The van der Waals surface area contributed by atoms with Crippen LogP contribution in [0.15, 0.2) is 48.5 Å². The van der Waals surface area contributed by atoms with E-state index in [-0.39, 0.29) is 17.5 Å². The van der Waals surface area contributed by atoms with Crippen molar-refractivity contribution in [1.29, 1.82) is 0 Å². The Morgan fingerprint density at radius 1 is 0.794 bits per heavy atom. The molecule has 0 fully saturated rings. The largest absolute Gasteiger partial charge is 0.497 e. The van der Waals surface area contributed by atoms with E-state index in [0.717, 1.165) is 33.5 Å². The van der Waals surface area contributed by atoms with Crippen molar-refractivity contribution >= 4 is 92.7 Å². The Morgan fingerprint density at radius 2 is 1.38 bits per heavy atom. The second-order valence-electron chi connectivity index (χ2n) is 7.24. The van der Waals surface area contributed by atoms with E-state index in [1.807, 2.05) is 61.7 Å². The smallest absolute Gasteiger partial charge is 0.250 e. The molecule has 0 aliphatic rings. The van der Waals surface area contributed by atoms with Crippen LogP contribution in [-0.4, -0.2) is 26.6 Å². The molecule has 2 aromatic carbocycles. The number of fused-ring (bicyclic) bond motifs is 1. The van der Waals surface area contributed by atoms with Crippen molar-refractivity contribution in [2.45, 2.75) is 7.59 Å². The molecule has 0 unspecified atom stereocenters. The van der Waals surface area contributed by atoms with Crippen molar-refractivity contribution in [2.75, 3.05) is 7.11 Å². The van der Waals surface area contributed by atoms with Gasteiger partial charge in [-0.05, 0) is 48.0 Å². The van der Waals surface area contributed by atoms with Gasteiger partial charge >= 0.3 is 0 Å². The summed E-state index contributed by atoms with van der Waals surface area (Å²) in [5.41, 5.74) is 3.97. The quantitative estimate of drug-likeness (QED) is 0.232. The van der Waals surface area contributed by atoms with Crippen LogP contribution in [0.5, 0.6) is 5.75 Å². The minimum Gasteiger partial charge on any atom is -0.497 e. The molecule has 0 saturated heterocycles. The molecule has 0 radical (unpaired) electrons. The van der Waals surface area contributed by atoms with Crippen LogP contribution in [0.4, 0.5) is 0 Å². The number of rotatable bonds is 4. The Kier molecular flexibility index (Phi) is 7.26. The molecule has 0 N–H and O–H groups in total. The molecule has 2 aromatic heterocycles. The van der Waals surface area contributed by atoms with Crippen LogP contribution in [-0.2, 0) is 14.6 Å². The third-order valence-electron chi connectivity index (χ3n) is 5.07. The van der Waals surface area contributed by atoms with E-state index >= 15 is 0 Å². The fourth-order valence-electron chi connectivity index (χ4n) is 3.57. The van der Waals surface area contributed by atoms with Crippen LogP contribution in [0.1, 0.15) is 23.0 Å². The van der Waals surface area contributed by atoms with Crippen LogP contribution in [0, 0.1) is 0 Å². The van der Waals surface area contributed by atoms with Crippen molar-refractivity contribution in [3.63, 3.8) is 0 Å². The predicted octanol–water partition coefficient (Wildman–Crippen LogP) is 7.86. The number of hydrogen-bond acceptors (Lipinski definition) is 4. The second-order valence-corrected chi connectivity index (χ2v) is 11.8. The molecule has 0 amide bonds. The lowest BCUT2D eigenvalue weighted by atomic mass is 10.0. The molecule has 0 aliphatic heterocycles. The molecule has 0 aliphatic carbocycles. The van der Waals surface area contributed by atoms with E-state index in [1.165, 1.54) is 0 Å². The van der Waals surface area contributed by atoms with Gasteiger partial charge in [-0.3, -0.25) is 0 Å². The molecule has 2 heterocycles. The Hall–Kier alpha value is -1.73. The third kappa shape index (κ3) is 5.25. The number of hydrogen-bond donors (Lipinski definition) is 0. The standard InChI is InChI=1S/C23H16Cl6N4O/c1-33-17-6-4-3-5-15(17)16(19(33)13-7-9-14(34-2)10-8-13)11-12-18-30-20(22(24,25)26)32-21(31-18)23(27,28)29/h3-12H,1-2H3/b12-11+. The molecule has 4 rings (SSSR count). The maximum Gasteiger partial charge on any atom is 0.250 e. The number of methoxy groups -OCH3 is 1. The van der Waals surface area contributed by atoms with E-state index in [9.17, 15) is 0 Å². The monoisotopic (exact) mass is 574 g/mol. The van der Waals surface area contributed by atoms with E-state index < -0.39 is 7.59 Å². The van der Waals surface area contributed by atoms with Gasteiger partial charge in [0.25, 0.3) is 0 Å². The summed E-state index contributed by atoms with van der Waals surface area (Å²) >= 11 is 36.0. The van der Waals surface area contributed by atoms with Crippen molar-refractivity contribution in [2.24, 2.45) is 7.05 Å². The fraction of sp³-hybridized carbons (Fsp3) is 0.174. The van der Waals surface area contributed by atoms with Crippen molar-refractivity contribution < 1.29 is 4.74 Å². The molecule has 0 spiro atoms. The predicted molar refractivity (Wildman–Crippen MR) is 142 cm³/mol. The van der Waals surface area contributed by atoms with Gasteiger partial charge in [0, 0.05) is 23.5 Å². The molecule has 0 atom stereocenters. The Labute approximate surface area is 226 Å². The van der Waals surface area contributed by atoms with E-state index in [2.05, 4.69) is 19.5 Å². The summed E-state index contributed by atoms with van der Waals surface area (Å²) in [6, 6.07) is 15.9. The average Bonchev–Trinajstić information content (AvgIpc) is 3.08. The summed E-state index contributed by atoms with van der Waals surface area (Å²) in [5, 5.41) is 1.03. The zero-order valence-corrected chi connectivity index (χ0v) is 22.3. The number of alkyl halides is 6. The first-order chi connectivity index (χ1) is 16.0. The summed E-state index contributed by atoms with van der Waals surface area (Å²) in [6.07, 6.45) is 3.54. The first-order valence-corrected chi connectivity index (χ1v) is 12.1. The van der Waals surface area contributed by atoms with Crippen molar-refractivity contribution in [3.05, 3.63) is 71.6 Å². The highest BCUT2D eigenvalue weighted by molar-refractivity contribution is 6.67. The Morgan fingerprint density at radius 3 is 1.94 bits per heavy atom. The third-order valence-corrected chi connectivity index (χ3v) is 6.08. The topological polar surface area (TPSA) is 52.8 Å². The van der Waals surface area contributed by atoms with Crippen molar-refractivity contribution in [1.82, 2.24) is 19.5 Å². The highest BCUT2D eigenvalue weighted by Crippen LogP contribution is 2.40. The zero-order chi connectivity index (χ0) is 24.7. The van der Waals surface area contributed by atoms with Crippen LogP contribution in [0.25, 0.3) is 34.3 Å². The molecule has 34 heavy (non-hydrogen) atoms. The van der Waals surface area contributed by atoms with Gasteiger partial charge in [-0.15, -0.1) is 0 Å². The fourth-order valence-corrected chi connectivity index (χ4v) is 4.07. The van der Waals surface area contributed by atoms with Gasteiger partial charge in [0.1, 0.15) is 5.75 Å². The number of nitrogens with zero attached hydrogens (tertiary/aromatic N) is 4. The number of aromatic nitrogens is 4. The van der Waals surface area contributed by atoms with E-state index in [4.69, 9.17) is 74.3 Å². The lowest BCUT2D eigenvalue weighted by Gasteiger charge is -2.14. The number of halogens is 6. The number of para-hydroxylation sites is 1. The first kappa shape index (κ1) is 25.4.